The van der Waals surface area contributed by atoms with Crippen molar-refractivity contribution in [2.45, 2.75) is 39.7 Å². The van der Waals surface area contributed by atoms with E-state index in [-0.39, 0.29) is 30.7 Å². The molecule has 0 aromatic heterocycles. The van der Waals surface area contributed by atoms with Crippen molar-refractivity contribution in [3.05, 3.63) is 29.3 Å². The Morgan fingerprint density at radius 3 is 2.52 bits per heavy atom. The second kappa shape index (κ2) is 11.7. The molecule has 1 saturated heterocycles. The topological polar surface area (TPSA) is 44.4 Å². The van der Waals surface area contributed by atoms with Crippen molar-refractivity contribution in [2.75, 3.05) is 32.5 Å². The fourth-order valence-electron chi connectivity index (χ4n) is 3.39. The molecule has 1 unspecified atom stereocenters. The minimum atomic E-state index is 0. The van der Waals surface area contributed by atoms with Gasteiger partial charge in [-0.2, -0.15) is 0 Å². The summed E-state index contributed by atoms with van der Waals surface area (Å²) >= 11 is 0. The predicted molar refractivity (Wildman–Crippen MR) is 111 cm³/mol. The zero-order valence-electron chi connectivity index (χ0n) is 15.8. The largest absolute Gasteiger partial charge is 0.326 e. The first-order valence-electron chi connectivity index (χ1n) is 8.70. The van der Waals surface area contributed by atoms with Crippen molar-refractivity contribution < 1.29 is 4.79 Å². The highest BCUT2D eigenvalue weighted by molar-refractivity contribution is 5.91. The molecule has 4 nitrogen and oxygen atoms in total. The second-order valence-electron chi connectivity index (χ2n) is 7.22. The number of benzene rings is 1. The molecule has 1 atom stereocenters. The highest BCUT2D eigenvalue weighted by atomic mass is 35.5. The van der Waals surface area contributed by atoms with Gasteiger partial charge >= 0.3 is 0 Å². The summed E-state index contributed by atoms with van der Waals surface area (Å²) in [5.74, 6) is 1.25. The number of anilines is 1. The van der Waals surface area contributed by atoms with Crippen LogP contribution >= 0.6 is 24.8 Å². The molecule has 1 heterocycles. The van der Waals surface area contributed by atoms with Gasteiger partial charge in [0.1, 0.15) is 0 Å². The summed E-state index contributed by atoms with van der Waals surface area (Å²) in [6.07, 6.45) is 2.98. The molecule has 1 fully saturated rings. The molecule has 0 aliphatic carbocycles. The van der Waals surface area contributed by atoms with Gasteiger partial charge in [-0.15, -0.1) is 24.8 Å². The number of rotatable bonds is 6. The predicted octanol–water partition coefficient (Wildman–Crippen LogP) is 3.86. The monoisotopic (exact) mass is 389 g/mol. The molecular weight excluding hydrogens is 357 g/mol. The number of nitrogens with one attached hydrogen (secondary N) is 2. The molecule has 1 amide bonds. The lowest BCUT2D eigenvalue weighted by molar-refractivity contribution is -0.117. The Morgan fingerprint density at radius 1 is 1.28 bits per heavy atom. The van der Waals surface area contributed by atoms with E-state index in [0.717, 1.165) is 25.3 Å². The number of aryl methyl sites for hydroxylation is 1. The standard InChI is InChI=1S/C19H31N3O.2ClH/c1-14-5-6-18(17(11-14)13-22(3)4)21-19(23)12-15(2)16-7-9-20-10-8-16;;/h5-6,11,15-16,20H,7-10,12-13H2,1-4H3,(H,21,23);2*1H. The van der Waals surface area contributed by atoms with Gasteiger partial charge in [0.15, 0.2) is 0 Å². The fraction of sp³-hybridized carbons (Fsp3) is 0.632. The van der Waals surface area contributed by atoms with Crippen molar-refractivity contribution in [3.63, 3.8) is 0 Å². The van der Waals surface area contributed by atoms with E-state index in [1.54, 1.807) is 0 Å². The number of piperidine rings is 1. The van der Waals surface area contributed by atoms with Gasteiger partial charge in [0.25, 0.3) is 0 Å². The first kappa shape index (κ1) is 24.2. The molecular formula is C19H33Cl2N3O. The van der Waals surface area contributed by atoms with Gasteiger partial charge in [0.05, 0.1) is 0 Å². The molecule has 1 aromatic carbocycles. The normalized spacial score (nSPS) is 15.9. The summed E-state index contributed by atoms with van der Waals surface area (Å²) in [5.41, 5.74) is 3.35. The van der Waals surface area contributed by atoms with E-state index in [9.17, 15) is 4.79 Å². The third-order valence-electron chi connectivity index (χ3n) is 4.72. The van der Waals surface area contributed by atoms with Gasteiger partial charge in [-0.05, 0) is 70.4 Å². The van der Waals surface area contributed by atoms with Crippen LogP contribution < -0.4 is 10.6 Å². The summed E-state index contributed by atoms with van der Waals surface area (Å²) in [7, 11) is 4.10. The maximum absolute atomic E-state index is 12.4. The van der Waals surface area contributed by atoms with E-state index in [1.807, 2.05) is 20.2 Å². The Balaban J connectivity index is 0.00000288. The van der Waals surface area contributed by atoms with Gasteiger partial charge in [-0.25, -0.2) is 0 Å². The molecule has 25 heavy (non-hydrogen) atoms. The molecule has 1 aliphatic rings. The number of carbonyl (C=O) groups is 1. The summed E-state index contributed by atoms with van der Waals surface area (Å²) in [5, 5.41) is 6.52. The Hall–Kier alpha value is -0.810. The molecule has 0 bridgehead atoms. The van der Waals surface area contributed by atoms with Crippen molar-refractivity contribution in [2.24, 2.45) is 11.8 Å². The Morgan fingerprint density at radius 2 is 1.92 bits per heavy atom. The molecule has 2 N–H and O–H groups in total. The van der Waals surface area contributed by atoms with Crippen molar-refractivity contribution >= 4 is 36.4 Å². The highest BCUT2D eigenvalue weighted by Gasteiger charge is 2.22. The summed E-state index contributed by atoms with van der Waals surface area (Å²) in [6, 6.07) is 6.25. The SMILES string of the molecule is Cc1ccc(NC(=O)CC(C)C2CCNCC2)c(CN(C)C)c1.Cl.Cl. The Bertz CT molecular complexity index is 531. The van der Waals surface area contributed by atoms with Crippen LogP contribution in [-0.2, 0) is 11.3 Å². The van der Waals surface area contributed by atoms with E-state index >= 15 is 0 Å². The highest BCUT2D eigenvalue weighted by Crippen LogP contribution is 2.25. The number of carbonyl (C=O) groups excluding carboxylic acids is 1. The maximum atomic E-state index is 12.4. The van der Waals surface area contributed by atoms with Crippen LogP contribution in [0.15, 0.2) is 18.2 Å². The molecule has 1 aliphatic heterocycles. The van der Waals surface area contributed by atoms with Crippen LogP contribution in [0.1, 0.15) is 37.3 Å². The van der Waals surface area contributed by atoms with E-state index < -0.39 is 0 Å². The second-order valence-corrected chi connectivity index (χ2v) is 7.22. The van der Waals surface area contributed by atoms with E-state index in [4.69, 9.17) is 0 Å². The van der Waals surface area contributed by atoms with Gasteiger partial charge in [-0.1, -0.05) is 24.6 Å². The summed E-state index contributed by atoms with van der Waals surface area (Å²) in [6.45, 7) is 7.31. The lowest BCUT2D eigenvalue weighted by atomic mass is 9.84. The Kier molecular flexibility index (Phi) is 11.4. The fourth-order valence-corrected chi connectivity index (χ4v) is 3.39. The first-order valence-corrected chi connectivity index (χ1v) is 8.70. The average Bonchev–Trinajstić information content (AvgIpc) is 2.50. The molecule has 0 radical (unpaired) electrons. The maximum Gasteiger partial charge on any atom is 0.224 e. The van der Waals surface area contributed by atoms with Gasteiger partial charge in [0.2, 0.25) is 5.91 Å². The third kappa shape index (κ3) is 7.95. The average molecular weight is 390 g/mol. The van der Waals surface area contributed by atoms with E-state index in [2.05, 4.69) is 41.5 Å². The molecule has 1 aromatic rings. The minimum Gasteiger partial charge on any atom is -0.326 e. The number of hydrogen-bond acceptors (Lipinski definition) is 3. The van der Waals surface area contributed by atoms with Crippen LogP contribution in [0, 0.1) is 18.8 Å². The van der Waals surface area contributed by atoms with Crippen LogP contribution in [-0.4, -0.2) is 38.0 Å². The van der Waals surface area contributed by atoms with Crippen molar-refractivity contribution in [1.29, 1.82) is 0 Å². The zero-order valence-corrected chi connectivity index (χ0v) is 17.4. The van der Waals surface area contributed by atoms with Gasteiger partial charge < -0.3 is 15.5 Å². The van der Waals surface area contributed by atoms with Crippen molar-refractivity contribution in [1.82, 2.24) is 10.2 Å². The van der Waals surface area contributed by atoms with E-state index in [1.165, 1.54) is 24.0 Å². The molecule has 0 spiro atoms. The van der Waals surface area contributed by atoms with Gasteiger partial charge in [0, 0.05) is 18.7 Å². The summed E-state index contributed by atoms with van der Waals surface area (Å²) < 4.78 is 0. The quantitative estimate of drug-likeness (QED) is 0.775. The smallest absolute Gasteiger partial charge is 0.224 e. The lowest BCUT2D eigenvalue weighted by Crippen LogP contribution is -2.32. The van der Waals surface area contributed by atoms with Crippen LogP contribution in [0.2, 0.25) is 0 Å². The molecule has 0 saturated carbocycles. The minimum absolute atomic E-state index is 0. The lowest BCUT2D eigenvalue weighted by Gasteiger charge is -2.28. The van der Waals surface area contributed by atoms with Crippen molar-refractivity contribution in [3.8, 4) is 0 Å². The summed E-state index contributed by atoms with van der Waals surface area (Å²) in [4.78, 5) is 14.6. The van der Waals surface area contributed by atoms with Gasteiger partial charge in [-0.3, -0.25) is 4.79 Å². The number of halogens is 2. The third-order valence-corrected chi connectivity index (χ3v) is 4.72. The molecule has 144 valence electrons. The number of nitrogens with zero attached hydrogens (tertiary/aromatic N) is 1. The van der Waals surface area contributed by atoms with Crippen LogP contribution in [0.25, 0.3) is 0 Å². The van der Waals surface area contributed by atoms with Crippen LogP contribution in [0.3, 0.4) is 0 Å². The van der Waals surface area contributed by atoms with Crippen LogP contribution in [0.4, 0.5) is 5.69 Å². The van der Waals surface area contributed by atoms with E-state index in [0.29, 0.717) is 18.3 Å². The van der Waals surface area contributed by atoms with Crippen LogP contribution in [0.5, 0.6) is 0 Å². The number of hydrogen-bond donors (Lipinski definition) is 2. The molecule has 6 heteroatoms. The number of amides is 1. The molecule has 2 rings (SSSR count). The Labute approximate surface area is 164 Å². The first-order chi connectivity index (χ1) is 11.0. The zero-order chi connectivity index (χ0) is 16.8.